The molecule has 4 aromatic rings. The molecule has 1 amide bonds. The van der Waals surface area contributed by atoms with Crippen molar-refractivity contribution in [2.75, 3.05) is 5.01 Å². The number of hydrogen-bond acceptors (Lipinski definition) is 5. The molecular formula is C27H20BrN3O2S. The second-order valence-electron chi connectivity index (χ2n) is 7.70. The number of carbonyl (C=O) groups is 1. The predicted octanol–water partition coefficient (Wildman–Crippen LogP) is 6.96. The van der Waals surface area contributed by atoms with Crippen LogP contribution in [0.25, 0.3) is 17.3 Å². The summed E-state index contributed by atoms with van der Waals surface area (Å²) < 4.78 is 6.98. The fourth-order valence-corrected chi connectivity index (χ4v) is 4.73. The van der Waals surface area contributed by atoms with Gasteiger partial charge in [0.15, 0.2) is 0 Å². The van der Waals surface area contributed by atoms with Gasteiger partial charge in [0.1, 0.15) is 12.4 Å². The number of ether oxygens (including phenoxy) is 1. The first-order chi connectivity index (χ1) is 16.6. The van der Waals surface area contributed by atoms with Gasteiger partial charge in [0.05, 0.1) is 17.0 Å². The molecule has 0 spiro atoms. The average Bonchev–Trinajstić information content (AvgIpc) is 3.45. The van der Waals surface area contributed by atoms with Gasteiger partial charge in [-0.1, -0.05) is 76.6 Å². The van der Waals surface area contributed by atoms with Gasteiger partial charge in [-0.3, -0.25) is 4.79 Å². The van der Waals surface area contributed by atoms with E-state index in [0.29, 0.717) is 28.8 Å². The largest absolute Gasteiger partial charge is 0.488 e. The Balaban J connectivity index is 1.41. The van der Waals surface area contributed by atoms with Crippen LogP contribution in [-0.4, -0.2) is 16.6 Å². The van der Waals surface area contributed by atoms with Crippen LogP contribution in [-0.2, 0) is 11.4 Å². The number of benzene rings is 3. The predicted molar refractivity (Wildman–Crippen MR) is 141 cm³/mol. The highest BCUT2D eigenvalue weighted by molar-refractivity contribution is 9.10. The van der Waals surface area contributed by atoms with Crippen molar-refractivity contribution < 1.29 is 9.53 Å². The average molecular weight is 530 g/mol. The topological polar surface area (TPSA) is 54.8 Å². The first-order valence-electron chi connectivity index (χ1n) is 10.7. The summed E-state index contributed by atoms with van der Waals surface area (Å²) in [7, 11) is 0. The van der Waals surface area contributed by atoms with Gasteiger partial charge in [0.2, 0.25) is 5.13 Å². The summed E-state index contributed by atoms with van der Waals surface area (Å²) >= 11 is 4.92. The Hall–Kier alpha value is -3.55. The van der Waals surface area contributed by atoms with Crippen LogP contribution in [0, 0.1) is 0 Å². The van der Waals surface area contributed by atoms with E-state index in [1.807, 2.05) is 97.2 Å². The van der Waals surface area contributed by atoms with E-state index in [0.717, 1.165) is 26.9 Å². The summed E-state index contributed by atoms with van der Waals surface area (Å²) in [6.07, 6.45) is 1.83. The molecule has 0 radical (unpaired) electrons. The van der Waals surface area contributed by atoms with Crippen molar-refractivity contribution in [2.24, 2.45) is 5.10 Å². The SMILES string of the molecule is CC1=NN(c2nc(-c3ccccc3)cs2)C(=O)C1=Cc1cc(Br)ccc1OCc1ccccc1. The van der Waals surface area contributed by atoms with Gasteiger partial charge in [0, 0.05) is 21.0 Å². The minimum absolute atomic E-state index is 0.208. The Morgan fingerprint density at radius 2 is 1.76 bits per heavy atom. The lowest BCUT2D eigenvalue weighted by molar-refractivity contribution is -0.114. The van der Waals surface area contributed by atoms with Gasteiger partial charge < -0.3 is 4.74 Å². The van der Waals surface area contributed by atoms with Crippen molar-refractivity contribution in [3.8, 4) is 17.0 Å². The van der Waals surface area contributed by atoms with E-state index in [4.69, 9.17) is 4.74 Å². The molecule has 0 unspecified atom stereocenters. The lowest BCUT2D eigenvalue weighted by atomic mass is 10.1. The lowest BCUT2D eigenvalue weighted by Gasteiger charge is -2.11. The number of hydrogen-bond donors (Lipinski definition) is 0. The van der Waals surface area contributed by atoms with E-state index in [1.54, 1.807) is 0 Å². The molecule has 1 aromatic heterocycles. The second-order valence-corrected chi connectivity index (χ2v) is 9.45. The minimum Gasteiger partial charge on any atom is -0.488 e. The molecule has 34 heavy (non-hydrogen) atoms. The Morgan fingerprint density at radius 1 is 1.03 bits per heavy atom. The van der Waals surface area contributed by atoms with Crippen molar-refractivity contribution >= 4 is 50.1 Å². The number of aromatic nitrogens is 1. The number of rotatable bonds is 6. The maximum Gasteiger partial charge on any atom is 0.282 e. The normalized spacial score (nSPS) is 14.5. The molecule has 0 atom stereocenters. The highest BCUT2D eigenvalue weighted by atomic mass is 79.9. The van der Waals surface area contributed by atoms with Crippen molar-refractivity contribution in [3.05, 3.63) is 105 Å². The molecule has 0 saturated carbocycles. The molecule has 1 aliphatic rings. The molecule has 0 fully saturated rings. The summed E-state index contributed by atoms with van der Waals surface area (Å²) in [4.78, 5) is 17.9. The van der Waals surface area contributed by atoms with Crippen molar-refractivity contribution in [2.45, 2.75) is 13.5 Å². The molecule has 168 valence electrons. The van der Waals surface area contributed by atoms with E-state index in [1.165, 1.54) is 16.3 Å². The third-order valence-electron chi connectivity index (χ3n) is 5.31. The number of amides is 1. The van der Waals surface area contributed by atoms with E-state index in [2.05, 4.69) is 26.0 Å². The zero-order chi connectivity index (χ0) is 23.5. The van der Waals surface area contributed by atoms with Crippen LogP contribution in [0.15, 0.2) is 99.4 Å². The monoisotopic (exact) mass is 529 g/mol. The first-order valence-corrected chi connectivity index (χ1v) is 12.3. The van der Waals surface area contributed by atoms with Crippen LogP contribution >= 0.6 is 27.3 Å². The highest BCUT2D eigenvalue weighted by Gasteiger charge is 2.31. The molecule has 3 aromatic carbocycles. The minimum atomic E-state index is -0.208. The quantitative estimate of drug-likeness (QED) is 0.253. The molecule has 0 aliphatic carbocycles. The summed E-state index contributed by atoms with van der Waals surface area (Å²) in [6.45, 7) is 2.27. The highest BCUT2D eigenvalue weighted by Crippen LogP contribution is 2.33. The van der Waals surface area contributed by atoms with E-state index in [9.17, 15) is 4.79 Å². The Bertz CT molecular complexity index is 1400. The first kappa shape index (κ1) is 22.3. The number of thiazole rings is 1. The smallest absolute Gasteiger partial charge is 0.282 e. The van der Waals surface area contributed by atoms with Crippen molar-refractivity contribution in [1.82, 2.24) is 4.98 Å². The molecule has 0 bridgehead atoms. The van der Waals surface area contributed by atoms with Gasteiger partial charge in [0.25, 0.3) is 5.91 Å². The molecular weight excluding hydrogens is 510 g/mol. The number of hydrazone groups is 1. The summed E-state index contributed by atoms with van der Waals surface area (Å²) in [5.41, 5.74) is 4.84. The zero-order valence-electron chi connectivity index (χ0n) is 18.3. The fourth-order valence-electron chi connectivity index (χ4n) is 3.57. The molecule has 5 nitrogen and oxygen atoms in total. The molecule has 5 rings (SSSR count). The van der Waals surface area contributed by atoms with E-state index in [-0.39, 0.29) is 5.91 Å². The van der Waals surface area contributed by atoms with Gasteiger partial charge >= 0.3 is 0 Å². The van der Waals surface area contributed by atoms with Crippen LogP contribution in [0.5, 0.6) is 5.75 Å². The zero-order valence-corrected chi connectivity index (χ0v) is 20.7. The van der Waals surface area contributed by atoms with Gasteiger partial charge in [-0.2, -0.15) is 10.1 Å². The van der Waals surface area contributed by atoms with E-state index >= 15 is 0 Å². The summed E-state index contributed by atoms with van der Waals surface area (Å²) in [5, 5.41) is 8.36. The third kappa shape index (κ3) is 4.71. The maximum atomic E-state index is 13.3. The maximum absolute atomic E-state index is 13.3. The third-order valence-corrected chi connectivity index (χ3v) is 6.62. The summed E-state index contributed by atoms with van der Waals surface area (Å²) in [5.74, 6) is 0.486. The van der Waals surface area contributed by atoms with Crippen LogP contribution in [0.1, 0.15) is 18.1 Å². The molecule has 7 heteroatoms. The van der Waals surface area contributed by atoms with Crippen LogP contribution in [0.2, 0.25) is 0 Å². The van der Waals surface area contributed by atoms with Crippen LogP contribution in [0.4, 0.5) is 5.13 Å². The second kappa shape index (κ2) is 9.75. The van der Waals surface area contributed by atoms with Gasteiger partial charge in [-0.05, 0) is 36.8 Å². The van der Waals surface area contributed by atoms with Crippen LogP contribution in [0.3, 0.4) is 0 Å². The van der Waals surface area contributed by atoms with Gasteiger partial charge in [-0.15, -0.1) is 11.3 Å². The van der Waals surface area contributed by atoms with Gasteiger partial charge in [-0.25, -0.2) is 4.98 Å². The molecule has 2 heterocycles. The molecule has 0 N–H and O–H groups in total. The lowest BCUT2D eigenvalue weighted by Crippen LogP contribution is -2.21. The Kier molecular flexibility index (Phi) is 6.38. The number of anilines is 1. The molecule has 0 saturated heterocycles. The fraction of sp³-hybridized carbons (Fsp3) is 0.0741. The molecule has 1 aliphatic heterocycles. The number of halogens is 1. The Labute approximate surface area is 210 Å². The number of nitrogens with zero attached hydrogens (tertiary/aromatic N) is 3. The standard InChI is InChI=1S/C27H20BrN3O2S/c1-18-23(15-21-14-22(28)12-13-25(21)33-16-19-8-4-2-5-9-19)26(32)31(30-18)27-29-24(17-34-27)20-10-6-3-7-11-20/h2-15,17H,16H2,1H3. The van der Waals surface area contributed by atoms with Crippen molar-refractivity contribution in [1.29, 1.82) is 0 Å². The number of carbonyl (C=O) groups excluding carboxylic acids is 1. The van der Waals surface area contributed by atoms with E-state index < -0.39 is 0 Å². The summed E-state index contributed by atoms with van der Waals surface area (Å²) in [6, 6.07) is 25.6. The van der Waals surface area contributed by atoms with Crippen LogP contribution < -0.4 is 9.75 Å². The van der Waals surface area contributed by atoms with Crippen molar-refractivity contribution in [3.63, 3.8) is 0 Å². The Morgan fingerprint density at radius 3 is 2.53 bits per heavy atom.